The van der Waals surface area contributed by atoms with Crippen LogP contribution in [-0.4, -0.2) is 26.4 Å². The predicted octanol–water partition coefficient (Wildman–Crippen LogP) is 3.78. The van der Waals surface area contributed by atoms with Crippen LogP contribution < -0.4 is 0 Å². The van der Waals surface area contributed by atoms with Gasteiger partial charge in [0, 0.05) is 6.04 Å². The van der Waals surface area contributed by atoms with Crippen molar-refractivity contribution in [2.45, 2.75) is 57.5 Å². The van der Waals surface area contributed by atoms with Crippen molar-refractivity contribution in [3.8, 4) is 0 Å². The second kappa shape index (κ2) is 6.04. The van der Waals surface area contributed by atoms with Gasteiger partial charge in [0.15, 0.2) is 0 Å². The highest BCUT2D eigenvalue weighted by atomic mass is 32.1. The number of aromatic nitrogens is 2. The van der Waals surface area contributed by atoms with E-state index in [1.165, 1.54) is 22.7 Å². The molecule has 0 radical (unpaired) electrons. The van der Waals surface area contributed by atoms with Gasteiger partial charge >= 0.3 is 0 Å². The number of carbonyl (C=O) groups excluding carboxylic acids is 1. The summed E-state index contributed by atoms with van der Waals surface area (Å²) in [6.07, 6.45) is 6.35. The molecule has 2 aromatic rings. The van der Waals surface area contributed by atoms with E-state index in [-0.39, 0.29) is 11.9 Å². The number of aryl methyl sites for hydroxylation is 2. The number of nitrogens with zero attached hydrogens (tertiary/aromatic N) is 3. The van der Waals surface area contributed by atoms with Gasteiger partial charge in [0.05, 0.1) is 11.7 Å². The molecule has 1 fully saturated rings. The summed E-state index contributed by atoms with van der Waals surface area (Å²) in [5.74, 6) is 0.140. The Labute approximate surface area is 140 Å². The molecule has 1 amide bonds. The summed E-state index contributed by atoms with van der Waals surface area (Å²) in [5, 5.41) is 4.13. The largest absolute Gasteiger partial charge is 0.328 e. The zero-order valence-corrected chi connectivity index (χ0v) is 14.2. The predicted molar refractivity (Wildman–Crippen MR) is 90.6 cm³/mol. The average molecular weight is 327 g/mol. The van der Waals surface area contributed by atoms with Gasteiger partial charge in [-0.2, -0.15) is 0 Å². The highest BCUT2D eigenvalue weighted by Gasteiger charge is 2.40. The van der Waals surface area contributed by atoms with Crippen LogP contribution in [0.15, 0.2) is 24.3 Å². The highest BCUT2D eigenvalue weighted by Crippen LogP contribution is 2.42. The maximum absolute atomic E-state index is 13.2. The normalized spacial score (nSPS) is 20.1. The van der Waals surface area contributed by atoms with E-state index < -0.39 is 0 Å². The van der Waals surface area contributed by atoms with Crippen molar-refractivity contribution < 1.29 is 4.79 Å². The van der Waals surface area contributed by atoms with Crippen LogP contribution in [0.5, 0.6) is 0 Å². The molecule has 0 N–H and O–H groups in total. The van der Waals surface area contributed by atoms with Crippen LogP contribution in [0.2, 0.25) is 0 Å². The van der Waals surface area contributed by atoms with Crippen molar-refractivity contribution in [3.63, 3.8) is 0 Å². The summed E-state index contributed by atoms with van der Waals surface area (Å²) in [5.41, 5.74) is 3.59. The third-order valence-electron chi connectivity index (χ3n) is 4.93. The van der Waals surface area contributed by atoms with Crippen LogP contribution >= 0.6 is 11.5 Å². The van der Waals surface area contributed by atoms with Gasteiger partial charge in [-0.05, 0) is 61.2 Å². The lowest BCUT2D eigenvalue weighted by Crippen LogP contribution is -2.38. The third-order valence-corrected chi connectivity index (χ3v) is 5.69. The van der Waals surface area contributed by atoms with Gasteiger partial charge in [-0.1, -0.05) is 35.7 Å². The van der Waals surface area contributed by atoms with Crippen LogP contribution in [0.3, 0.4) is 0 Å². The lowest BCUT2D eigenvalue weighted by atomic mass is 9.86. The Morgan fingerprint density at radius 3 is 2.91 bits per heavy atom. The van der Waals surface area contributed by atoms with Crippen LogP contribution in [0, 0.1) is 0 Å². The van der Waals surface area contributed by atoms with E-state index in [0.29, 0.717) is 6.04 Å². The summed E-state index contributed by atoms with van der Waals surface area (Å²) in [7, 11) is 0. The second-order valence-electron chi connectivity index (χ2n) is 6.45. The maximum Gasteiger partial charge on any atom is 0.268 e. The van der Waals surface area contributed by atoms with E-state index in [1.54, 1.807) is 0 Å². The van der Waals surface area contributed by atoms with Gasteiger partial charge in [-0.3, -0.25) is 4.79 Å². The van der Waals surface area contributed by atoms with E-state index >= 15 is 0 Å². The average Bonchev–Trinajstić information content (AvgIpc) is 3.30. The Balaban J connectivity index is 1.71. The number of amides is 1. The molecule has 0 saturated heterocycles. The molecule has 0 bridgehead atoms. The van der Waals surface area contributed by atoms with Crippen LogP contribution in [0.4, 0.5) is 0 Å². The summed E-state index contributed by atoms with van der Waals surface area (Å²) in [6, 6.07) is 9.22. The number of rotatable bonds is 4. The number of carbonyl (C=O) groups is 1. The van der Waals surface area contributed by atoms with E-state index in [2.05, 4.69) is 38.8 Å². The first-order valence-corrected chi connectivity index (χ1v) is 9.28. The Kier molecular flexibility index (Phi) is 3.89. The first-order valence-electron chi connectivity index (χ1n) is 8.51. The molecule has 4 rings (SSSR count). The Bertz CT molecular complexity index is 723. The fourth-order valence-electron chi connectivity index (χ4n) is 3.65. The fourth-order valence-corrected chi connectivity index (χ4v) is 4.35. The molecule has 2 aliphatic carbocycles. The van der Waals surface area contributed by atoms with Crippen molar-refractivity contribution in [3.05, 3.63) is 46.0 Å². The minimum Gasteiger partial charge on any atom is -0.328 e. The zero-order chi connectivity index (χ0) is 15.8. The maximum atomic E-state index is 13.2. The lowest BCUT2D eigenvalue weighted by molar-refractivity contribution is 0.0641. The zero-order valence-electron chi connectivity index (χ0n) is 13.4. The standard InChI is InChI=1S/C18H21N3OS/c1-2-15-17(23-20-19-15)18(22)21(13-10-11-13)16-9-5-7-12-6-3-4-8-14(12)16/h3-4,6,8,13,16H,2,5,7,9-11H2,1H3. The number of fused-ring (bicyclic) bond motifs is 1. The molecule has 4 nitrogen and oxygen atoms in total. The molecule has 1 aromatic heterocycles. The number of hydrogen-bond acceptors (Lipinski definition) is 4. The monoisotopic (exact) mass is 327 g/mol. The van der Waals surface area contributed by atoms with Crippen molar-refractivity contribution in [2.24, 2.45) is 0 Å². The first kappa shape index (κ1) is 14.8. The minimum absolute atomic E-state index is 0.140. The van der Waals surface area contributed by atoms with Gasteiger partial charge in [-0.15, -0.1) is 5.10 Å². The van der Waals surface area contributed by atoms with Gasteiger partial charge in [-0.25, -0.2) is 0 Å². The van der Waals surface area contributed by atoms with Crippen molar-refractivity contribution in [2.75, 3.05) is 0 Å². The van der Waals surface area contributed by atoms with Gasteiger partial charge in [0.1, 0.15) is 4.88 Å². The number of benzene rings is 1. The van der Waals surface area contributed by atoms with Gasteiger partial charge in [0.2, 0.25) is 0 Å². The minimum atomic E-state index is 0.140. The molecule has 23 heavy (non-hydrogen) atoms. The SMILES string of the molecule is CCc1nnsc1C(=O)N(C1CC1)C1CCCc2ccccc21. The topological polar surface area (TPSA) is 46.1 Å². The van der Waals surface area contributed by atoms with Crippen molar-refractivity contribution >= 4 is 17.4 Å². The lowest BCUT2D eigenvalue weighted by Gasteiger charge is -2.36. The van der Waals surface area contributed by atoms with E-state index in [4.69, 9.17) is 0 Å². The van der Waals surface area contributed by atoms with Gasteiger partial charge in [0.25, 0.3) is 5.91 Å². The molecule has 1 atom stereocenters. The van der Waals surface area contributed by atoms with E-state index in [9.17, 15) is 4.79 Å². The van der Waals surface area contributed by atoms with Crippen LogP contribution in [0.25, 0.3) is 0 Å². The molecule has 5 heteroatoms. The second-order valence-corrected chi connectivity index (χ2v) is 7.21. The highest BCUT2D eigenvalue weighted by molar-refractivity contribution is 7.08. The molecule has 1 heterocycles. The molecule has 1 unspecified atom stereocenters. The van der Waals surface area contributed by atoms with Crippen molar-refractivity contribution in [1.82, 2.24) is 14.5 Å². The van der Waals surface area contributed by atoms with E-state index in [0.717, 1.165) is 49.1 Å². The Morgan fingerprint density at radius 2 is 2.13 bits per heavy atom. The summed E-state index contributed by atoms with van der Waals surface area (Å²) in [6.45, 7) is 2.03. The molecule has 0 aliphatic heterocycles. The molecule has 0 spiro atoms. The molecular formula is C18H21N3OS. The summed E-state index contributed by atoms with van der Waals surface area (Å²) in [4.78, 5) is 16.1. The molecular weight excluding hydrogens is 306 g/mol. The molecule has 1 aromatic carbocycles. The van der Waals surface area contributed by atoms with Crippen LogP contribution in [-0.2, 0) is 12.8 Å². The quantitative estimate of drug-likeness (QED) is 0.858. The summed E-state index contributed by atoms with van der Waals surface area (Å²) >= 11 is 1.25. The van der Waals surface area contributed by atoms with E-state index in [1.807, 2.05) is 6.92 Å². The Hall–Kier alpha value is -1.75. The first-order chi connectivity index (χ1) is 11.3. The number of hydrogen-bond donors (Lipinski definition) is 0. The molecule has 120 valence electrons. The van der Waals surface area contributed by atoms with Crippen molar-refractivity contribution in [1.29, 1.82) is 0 Å². The van der Waals surface area contributed by atoms with Gasteiger partial charge < -0.3 is 4.90 Å². The third kappa shape index (κ3) is 2.67. The summed E-state index contributed by atoms with van der Waals surface area (Å²) < 4.78 is 4.01. The Morgan fingerprint density at radius 1 is 1.30 bits per heavy atom. The molecule has 2 aliphatic rings. The van der Waals surface area contributed by atoms with Crippen LogP contribution in [0.1, 0.15) is 65.1 Å². The molecule has 1 saturated carbocycles. The fraction of sp³-hybridized carbons (Fsp3) is 0.500. The smallest absolute Gasteiger partial charge is 0.268 e.